The van der Waals surface area contributed by atoms with Crippen LogP contribution in [0.4, 0.5) is 0 Å². The number of ether oxygens (including phenoxy) is 1. The molecule has 1 aromatic carbocycles. The summed E-state index contributed by atoms with van der Waals surface area (Å²) in [5.41, 5.74) is 3.26. The standard InChI is InChI=1S/C15H20N2O2/c1-11(13-9-16-10-13)15(18)17-8-7-12-3-5-14(19-2)6-4-12/h3-6,16H,7-10H2,1-2H3,(H,17,18). The summed E-state index contributed by atoms with van der Waals surface area (Å²) < 4.78 is 5.11. The minimum Gasteiger partial charge on any atom is -0.497 e. The summed E-state index contributed by atoms with van der Waals surface area (Å²) in [4.78, 5) is 11.9. The van der Waals surface area contributed by atoms with Crippen molar-refractivity contribution in [1.82, 2.24) is 10.6 Å². The Morgan fingerprint density at radius 1 is 1.32 bits per heavy atom. The third-order valence-electron chi connectivity index (χ3n) is 3.41. The van der Waals surface area contributed by atoms with E-state index in [0.717, 1.165) is 30.8 Å². The van der Waals surface area contributed by atoms with Gasteiger partial charge in [-0.15, -0.1) is 0 Å². The van der Waals surface area contributed by atoms with Gasteiger partial charge in [-0.2, -0.15) is 0 Å². The Labute approximate surface area is 113 Å². The van der Waals surface area contributed by atoms with E-state index < -0.39 is 0 Å². The minimum absolute atomic E-state index is 0.0463. The molecule has 19 heavy (non-hydrogen) atoms. The van der Waals surface area contributed by atoms with Gasteiger partial charge in [-0.3, -0.25) is 4.79 Å². The van der Waals surface area contributed by atoms with E-state index >= 15 is 0 Å². The first-order valence-electron chi connectivity index (χ1n) is 6.51. The molecular weight excluding hydrogens is 240 g/mol. The van der Waals surface area contributed by atoms with E-state index in [0.29, 0.717) is 6.54 Å². The lowest BCUT2D eigenvalue weighted by atomic mass is 10.0. The number of nitrogens with one attached hydrogen (secondary N) is 2. The second-order valence-corrected chi connectivity index (χ2v) is 4.69. The van der Waals surface area contributed by atoms with Crippen LogP contribution >= 0.6 is 0 Å². The van der Waals surface area contributed by atoms with Crippen LogP contribution < -0.4 is 15.4 Å². The second-order valence-electron chi connectivity index (χ2n) is 4.69. The molecule has 1 aromatic rings. The fourth-order valence-corrected chi connectivity index (χ4v) is 1.92. The number of amides is 1. The number of methoxy groups -OCH3 is 1. The van der Waals surface area contributed by atoms with Gasteiger partial charge in [0.1, 0.15) is 5.75 Å². The summed E-state index contributed by atoms with van der Waals surface area (Å²) in [5.74, 6) is 0.899. The summed E-state index contributed by atoms with van der Waals surface area (Å²) in [6, 6.07) is 7.91. The Bertz CT molecular complexity index is 471. The minimum atomic E-state index is 0.0463. The smallest absolute Gasteiger partial charge is 0.246 e. The molecule has 102 valence electrons. The quantitative estimate of drug-likeness (QED) is 0.784. The molecule has 1 saturated heterocycles. The lowest BCUT2D eigenvalue weighted by molar-refractivity contribution is -0.117. The molecule has 1 aliphatic rings. The Kier molecular flexibility index (Phi) is 4.58. The molecule has 1 heterocycles. The highest BCUT2D eigenvalue weighted by atomic mass is 16.5. The maximum absolute atomic E-state index is 11.9. The Morgan fingerprint density at radius 3 is 2.53 bits per heavy atom. The molecule has 0 aliphatic carbocycles. The lowest BCUT2D eigenvalue weighted by Crippen LogP contribution is -2.38. The van der Waals surface area contributed by atoms with Crippen LogP contribution in [0.1, 0.15) is 12.5 Å². The molecular formula is C15H20N2O2. The monoisotopic (exact) mass is 260 g/mol. The molecule has 1 amide bonds. The van der Waals surface area contributed by atoms with Crippen LogP contribution in [0, 0.1) is 0 Å². The van der Waals surface area contributed by atoms with E-state index in [9.17, 15) is 4.79 Å². The van der Waals surface area contributed by atoms with Crippen molar-refractivity contribution in [2.45, 2.75) is 13.3 Å². The molecule has 0 bridgehead atoms. The van der Waals surface area contributed by atoms with E-state index in [-0.39, 0.29) is 5.91 Å². The molecule has 1 aliphatic heterocycles. The predicted molar refractivity (Wildman–Crippen MR) is 75.3 cm³/mol. The molecule has 0 unspecified atom stereocenters. The third kappa shape index (κ3) is 3.58. The van der Waals surface area contributed by atoms with Gasteiger partial charge >= 0.3 is 0 Å². The van der Waals surface area contributed by atoms with Gasteiger partial charge in [-0.25, -0.2) is 0 Å². The van der Waals surface area contributed by atoms with E-state index in [1.165, 1.54) is 11.1 Å². The predicted octanol–water partition coefficient (Wildman–Crippen LogP) is 1.27. The maximum atomic E-state index is 11.9. The van der Waals surface area contributed by atoms with E-state index in [2.05, 4.69) is 10.6 Å². The van der Waals surface area contributed by atoms with Crippen LogP contribution in [0.5, 0.6) is 5.75 Å². The zero-order valence-electron chi connectivity index (χ0n) is 11.5. The number of benzene rings is 1. The highest BCUT2D eigenvalue weighted by molar-refractivity contribution is 5.93. The van der Waals surface area contributed by atoms with Gasteiger partial charge in [0.25, 0.3) is 0 Å². The van der Waals surface area contributed by atoms with Crippen molar-refractivity contribution in [2.24, 2.45) is 0 Å². The molecule has 2 N–H and O–H groups in total. The first-order chi connectivity index (χ1) is 9.20. The second kappa shape index (κ2) is 6.38. The van der Waals surface area contributed by atoms with Crippen LogP contribution in [0.3, 0.4) is 0 Å². The topological polar surface area (TPSA) is 50.4 Å². The number of rotatable bonds is 5. The SMILES string of the molecule is COc1ccc(CCNC(=O)C(C)=C2CNC2)cc1. The van der Waals surface area contributed by atoms with Crippen LogP contribution in [-0.2, 0) is 11.2 Å². The summed E-state index contributed by atoms with van der Waals surface area (Å²) in [7, 11) is 1.65. The molecule has 4 nitrogen and oxygen atoms in total. The van der Waals surface area contributed by atoms with Crippen molar-refractivity contribution in [3.63, 3.8) is 0 Å². The van der Waals surface area contributed by atoms with Gasteiger partial charge in [0, 0.05) is 25.2 Å². The largest absolute Gasteiger partial charge is 0.497 e. The van der Waals surface area contributed by atoms with Gasteiger partial charge in [-0.1, -0.05) is 12.1 Å². The zero-order valence-corrected chi connectivity index (χ0v) is 11.5. The Morgan fingerprint density at radius 2 is 2.00 bits per heavy atom. The van der Waals surface area contributed by atoms with Gasteiger partial charge in [0.15, 0.2) is 0 Å². The molecule has 0 saturated carbocycles. The maximum Gasteiger partial charge on any atom is 0.246 e. The third-order valence-corrected chi connectivity index (χ3v) is 3.41. The average molecular weight is 260 g/mol. The highest BCUT2D eigenvalue weighted by Crippen LogP contribution is 2.11. The zero-order chi connectivity index (χ0) is 13.7. The van der Waals surface area contributed by atoms with Crippen LogP contribution in [0.2, 0.25) is 0 Å². The van der Waals surface area contributed by atoms with Crippen molar-refractivity contribution in [3.8, 4) is 5.75 Å². The number of carbonyl (C=O) groups excluding carboxylic acids is 1. The van der Waals surface area contributed by atoms with Crippen LogP contribution in [-0.4, -0.2) is 32.7 Å². The van der Waals surface area contributed by atoms with Crippen molar-refractivity contribution >= 4 is 5.91 Å². The molecule has 4 heteroatoms. The Balaban J connectivity index is 1.78. The van der Waals surface area contributed by atoms with E-state index in [4.69, 9.17) is 4.74 Å². The fourth-order valence-electron chi connectivity index (χ4n) is 1.92. The molecule has 0 aromatic heterocycles. The van der Waals surface area contributed by atoms with Crippen molar-refractivity contribution < 1.29 is 9.53 Å². The molecule has 2 rings (SSSR count). The van der Waals surface area contributed by atoms with Gasteiger partial charge in [0.05, 0.1) is 7.11 Å². The van der Waals surface area contributed by atoms with Crippen LogP contribution in [0.15, 0.2) is 35.4 Å². The van der Waals surface area contributed by atoms with Gasteiger partial charge in [-0.05, 0) is 36.6 Å². The Hall–Kier alpha value is -1.81. The van der Waals surface area contributed by atoms with Gasteiger partial charge in [0.2, 0.25) is 5.91 Å². The van der Waals surface area contributed by atoms with Crippen molar-refractivity contribution in [1.29, 1.82) is 0 Å². The van der Waals surface area contributed by atoms with E-state index in [1.54, 1.807) is 7.11 Å². The summed E-state index contributed by atoms with van der Waals surface area (Å²) in [5, 5.41) is 6.09. The fraction of sp³-hybridized carbons (Fsp3) is 0.400. The molecule has 0 radical (unpaired) electrons. The summed E-state index contributed by atoms with van der Waals surface area (Å²) in [6.07, 6.45) is 0.830. The average Bonchev–Trinajstić information content (AvgIpc) is 2.37. The van der Waals surface area contributed by atoms with Gasteiger partial charge < -0.3 is 15.4 Å². The lowest BCUT2D eigenvalue weighted by Gasteiger charge is -2.21. The first-order valence-corrected chi connectivity index (χ1v) is 6.51. The van der Waals surface area contributed by atoms with Crippen molar-refractivity contribution in [3.05, 3.63) is 41.0 Å². The molecule has 0 atom stereocenters. The summed E-state index contributed by atoms with van der Waals surface area (Å²) >= 11 is 0. The first kappa shape index (κ1) is 13.6. The number of hydrogen-bond acceptors (Lipinski definition) is 3. The number of hydrogen-bond donors (Lipinski definition) is 2. The van der Waals surface area contributed by atoms with Crippen LogP contribution in [0.25, 0.3) is 0 Å². The van der Waals surface area contributed by atoms with E-state index in [1.807, 2.05) is 31.2 Å². The molecule has 1 fully saturated rings. The number of carbonyl (C=O) groups is 1. The normalized spacial score (nSPS) is 13.7. The molecule has 0 spiro atoms. The van der Waals surface area contributed by atoms with Crippen molar-refractivity contribution in [2.75, 3.05) is 26.7 Å². The highest BCUT2D eigenvalue weighted by Gasteiger charge is 2.15. The summed E-state index contributed by atoms with van der Waals surface area (Å²) in [6.45, 7) is 4.23.